The van der Waals surface area contributed by atoms with Gasteiger partial charge >= 0.3 is 6.09 Å². The molecule has 0 bridgehead atoms. The molecule has 0 aromatic heterocycles. The van der Waals surface area contributed by atoms with Crippen molar-refractivity contribution in [1.82, 2.24) is 10.6 Å². The van der Waals surface area contributed by atoms with Gasteiger partial charge in [0.15, 0.2) is 0 Å². The molecule has 120 valence electrons. The van der Waals surface area contributed by atoms with E-state index in [0.717, 1.165) is 5.56 Å². The molecular formula is C16H21FN2O3. The number of halogens is 1. The number of nitrogens with one attached hydrogen (secondary N) is 2. The SMILES string of the molecule is C[C@@H](NC(=O)C1CCC(NC(=O)O)CC1)c1ccc(F)cc1. The first-order chi connectivity index (χ1) is 10.5. The van der Waals surface area contributed by atoms with Crippen LogP contribution in [0.4, 0.5) is 9.18 Å². The van der Waals surface area contributed by atoms with E-state index in [1.807, 2.05) is 6.92 Å². The third-order valence-corrected chi connectivity index (χ3v) is 4.15. The fourth-order valence-corrected chi connectivity index (χ4v) is 2.84. The van der Waals surface area contributed by atoms with Crippen LogP contribution in [0.2, 0.25) is 0 Å². The van der Waals surface area contributed by atoms with Crippen molar-refractivity contribution in [3.05, 3.63) is 35.6 Å². The van der Waals surface area contributed by atoms with Crippen LogP contribution in [0.5, 0.6) is 0 Å². The Hall–Kier alpha value is -2.11. The summed E-state index contributed by atoms with van der Waals surface area (Å²) >= 11 is 0. The zero-order valence-corrected chi connectivity index (χ0v) is 12.5. The predicted molar refractivity (Wildman–Crippen MR) is 79.9 cm³/mol. The summed E-state index contributed by atoms with van der Waals surface area (Å²) in [5.41, 5.74) is 0.857. The van der Waals surface area contributed by atoms with Crippen LogP contribution in [-0.4, -0.2) is 23.1 Å². The second-order valence-corrected chi connectivity index (χ2v) is 5.78. The smallest absolute Gasteiger partial charge is 0.404 e. The molecule has 6 heteroatoms. The summed E-state index contributed by atoms with van der Waals surface area (Å²) in [6.45, 7) is 1.86. The van der Waals surface area contributed by atoms with Gasteiger partial charge in [-0.2, -0.15) is 0 Å². The zero-order valence-electron chi connectivity index (χ0n) is 12.5. The van der Waals surface area contributed by atoms with Gasteiger partial charge < -0.3 is 15.7 Å². The fraction of sp³-hybridized carbons (Fsp3) is 0.500. The van der Waals surface area contributed by atoms with Gasteiger partial charge in [-0.1, -0.05) is 12.1 Å². The van der Waals surface area contributed by atoms with E-state index in [2.05, 4.69) is 10.6 Å². The monoisotopic (exact) mass is 308 g/mol. The summed E-state index contributed by atoms with van der Waals surface area (Å²) in [6.07, 6.45) is 1.68. The Morgan fingerprint density at radius 1 is 1.18 bits per heavy atom. The second-order valence-electron chi connectivity index (χ2n) is 5.78. The molecule has 1 aliphatic carbocycles. The predicted octanol–water partition coefficient (Wildman–Crippen LogP) is 2.83. The Kier molecular flexibility index (Phi) is 5.35. The molecule has 3 N–H and O–H groups in total. The normalized spacial score (nSPS) is 22.6. The van der Waals surface area contributed by atoms with Gasteiger partial charge in [0.1, 0.15) is 5.82 Å². The van der Waals surface area contributed by atoms with Crippen LogP contribution in [0.3, 0.4) is 0 Å². The van der Waals surface area contributed by atoms with E-state index in [1.54, 1.807) is 12.1 Å². The van der Waals surface area contributed by atoms with Crippen molar-refractivity contribution in [2.24, 2.45) is 5.92 Å². The highest BCUT2D eigenvalue weighted by atomic mass is 19.1. The standard InChI is InChI=1S/C16H21FN2O3/c1-10(11-2-6-13(17)7-3-11)18-15(20)12-4-8-14(9-5-12)19-16(21)22/h2-3,6-7,10,12,14,19H,4-5,8-9H2,1H3,(H,18,20)(H,21,22)/t10-,12?,14?/m1/s1. The van der Waals surface area contributed by atoms with E-state index in [1.165, 1.54) is 12.1 Å². The summed E-state index contributed by atoms with van der Waals surface area (Å²) in [5, 5.41) is 14.1. The topological polar surface area (TPSA) is 78.4 Å². The number of carboxylic acid groups (broad SMARTS) is 1. The zero-order chi connectivity index (χ0) is 16.1. The molecule has 0 radical (unpaired) electrons. The number of hydrogen-bond donors (Lipinski definition) is 3. The Morgan fingerprint density at radius 3 is 2.32 bits per heavy atom. The molecule has 1 saturated carbocycles. The summed E-state index contributed by atoms with van der Waals surface area (Å²) in [6, 6.07) is 5.84. The molecule has 1 aromatic rings. The van der Waals surface area contributed by atoms with E-state index in [0.29, 0.717) is 25.7 Å². The van der Waals surface area contributed by atoms with Gasteiger partial charge in [0.05, 0.1) is 6.04 Å². The highest BCUT2D eigenvalue weighted by Crippen LogP contribution is 2.25. The van der Waals surface area contributed by atoms with Gasteiger partial charge in [0, 0.05) is 12.0 Å². The van der Waals surface area contributed by atoms with E-state index in [9.17, 15) is 14.0 Å². The molecule has 1 aliphatic rings. The van der Waals surface area contributed by atoms with E-state index in [-0.39, 0.29) is 29.7 Å². The Labute approximate surface area is 128 Å². The van der Waals surface area contributed by atoms with Crippen LogP contribution in [0.15, 0.2) is 24.3 Å². The number of rotatable bonds is 4. The van der Waals surface area contributed by atoms with Gasteiger partial charge in [-0.05, 0) is 50.3 Å². The van der Waals surface area contributed by atoms with Crippen LogP contribution >= 0.6 is 0 Å². The Morgan fingerprint density at radius 2 is 1.77 bits per heavy atom. The number of hydrogen-bond acceptors (Lipinski definition) is 2. The molecular weight excluding hydrogens is 287 g/mol. The molecule has 0 saturated heterocycles. The first-order valence-corrected chi connectivity index (χ1v) is 7.51. The summed E-state index contributed by atoms with van der Waals surface area (Å²) < 4.78 is 12.9. The number of carbonyl (C=O) groups is 2. The Balaban J connectivity index is 1.83. The van der Waals surface area contributed by atoms with Gasteiger partial charge in [-0.15, -0.1) is 0 Å². The van der Waals surface area contributed by atoms with Gasteiger partial charge in [-0.25, -0.2) is 9.18 Å². The molecule has 0 aliphatic heterocycles. The van der Waals surface area contributed by atoms with Crippen LogP contribution < -0.4 is 10.6 Å². The quantitative estimate of drug-likeness (QED) is 0.800. The number of benzene rings is 1. The lowest BCUT2D eigenvalue weighted by Gasteiger charge is -2.28. The van der Waals surface area contributed by atoms with Crippen molar-refractivity contribution in [3.8, 4) is 0 Å². The van der Waals surface area contributed by atoms with E-state index < -0.39 is 6.09 Å². The molecule has 2 amide bonds. The highest BCUT2D eigenvalue weighted by Gasteiger charge is 2.27. The van der Waals surface area contributed by atoms with Crippen molar-refractivity contribution >= 4 is 12.0 Å². The molecule has 2 rings (SSSR count). The first-order valence-electron chi connectivity index (χ1n) is 7.51. The molecule has 0 unspecified atom stereocenters. The van der Waals surface area contributed by atoms with Crippen LogP contribution in [0, 0.1) is 11.7 Å². The Bertz CT molecular complexity index is 525. The summed E-state index contributed by atoms with van der Waals surface area (Å²) in [5.74, 6) is -0.410. The average molecular weight is 308 g/mol. The van der Waals surface area contributed by atoms with Gasteiger partial charge in [0.25, 0.3) is 0 Å². The van der Waals surface area contributed by atoms with Crippen molar-refractivity contribution in [1.29, 1.82) is 0 Å². The average Bonchev–Trinajstić information content (AvgIpc) is 2.48. The molecule has 22 heavy (non-hydrogen) atoms. The minimum atomic E-state index is -1.02. The lowest BCUT2D eigenvalue weighted by atomic mass is 9.85. The first kappa shape index (κ1) is 16.3. The lowest BCUT2D eigenvalue weighted by Crippen LogP contribution is -2.40. The molecule has 1 atom stereocenters. The van der Waals surface area contributed by atoms with Crippen LogP contribution in [0.1, 0.15) is 44.2 Å². The van der Waals surface area contributed by atoms with Crippen molar-refractivity contribution in [3.63, 3.8) is 0 Å². The van der Waals surface area contributed by atoms with Crippen LogP contribution in [-0.2, 0) is 4.79 Å². The van der Waals surface area contributed by atoms with E-state index in [4.69, 9.17) is 5.11 Å². The van der Waals surface area contributed by atoms with Crippen molar-refractivity contribution in [2.75, 3.05) is 0 Å². The highest BCUT2D eigenvalue weighted by molar-refractivity contribution is 5.79. The number of carbonyl (C=O) groups excluding carboxylic acids is 1. The van der Waals surface area contributed by atoms with E-state index >= 15 is 0 Å². The van der Waals surface area contributed by atoms with Crippen molar-refractivity contribution in [2.45, 2.75) is 44.7 Å². The molecule has 0 spiro atoms. The largest absolute Gasteiger partial charge is 0.465 e. The van der Waals surface area contributed by atoms with Crippen molar-refractivity contribution < 1.29 is 19.1 Å². The summed E-state index contributed by atoms with van der Waals surface area (Å²) in [4.78, 5) is 22.8. The molecule has 1 fully saturated rings. The maximum absolute atomic E-state index is 12.9. The molecule has 5 nitrogen and oxygen atoms in total. The summed E-state index contributed by atoms with van der Waals surface area (Å²) in [7, 11) is 0. The minimum absolute atomic E-state index is 0.0226. The minimum Gasteiger partial charge on any atom is -0.465 e. The third-order valence-electron chi connectivity index (χ3n) is 4.15. The maximum Gasteiger partial charge on any atom is 0.404 e. The lowest BCUT2D eigenvalue weighted by molar-refractivity contribution is -0.126. The fourth-order valence-electron chi connectivity index (χ4n) is 2.84. The van der Waals surface area contributed by atoms with Crippen LogP contribution in [0.25, 0.3) is 0 Å². The maximum atomic E-state index is 12.9. The number of amides is 2. The third kappa shape index (κ3) is 4.44. The van der Waals surface area contributed by atoms with Gasteiger partial charge in [0.2, 0.25) is 5.91 Å². The molecule has 1 aromatic carbocycles. The second kappa shape index (κ2) is 7.24. The molecule has 0 heterocycles. The van der Waals surface area contributed by atoms with Gasteiger partial charge in [-0.3, -0.25) is 4.79 Å².